The van der Waals surface area contributed by atoms with Gasteiger partial charge < -0.3 is 80.9 Å². The van der Waals surface area contributed by atoms with Gasteiger partial charge in [-0.2, -0.15) is 0 Å². The van der Waals surface area contributed by atoms with E-state index in [-0.39, 0.29) is 46.2 Å². The minimum Gasteiger partial charge on any atom is -0.489 e. The molecule has 0 amide bonds. The van der Waals surface area contributed by atoms with Gasteiger partial charge in [0.15, 0.2) is 0 Å². The van der Waals surface area contributed by atoms with E-state index in [4.69, 9.17) is 71.1 Å². The first-order valence-corrected chi connectivity index (χ1v) is 45.0. The quantitative estimate of drug-likeness (QED) is 0.0356. The van der Waals surface area contributed by atoms with Gasteiger partial charge in [-0.15, -0.1) is 0 Å². The highest BCUT2D eigenvalue weighted by Gasteiger charge is 2.18. The standard InChI is InChI=1S/C117H110N2O15/c1-118(2)69-94-45-95(70-119(3)4)47-103(46-94)128-79-96-56-112(133-84-101-58-114(129-80-97-48-104(120-71-86-29-13-5-14-30-86)62-105(49-97)121-72-87-31-15-6-16-32-87)67-115(59-101)130-81-98-50-106(122-73-88-33-17-7-18-34-88)63-107(51-98)123-74-89-35-19-8-20-36-89)66-113(57-96)134-85-102-60-116(131-82-99-52-108(124-75-90-37-21-9-22-38-90)64-109(53-99)125-76-91-39-23-10-24-40-91)68-117(61-102)132-83-100-54-110(126-77-92-41-25-11-26-42-92)65-111(55-100)127-78-93-43-27-12-28-44-93/h5-68H,69-85H2,1-4H3. The van der Waals surface area contributed by atoms with Crippen molar-refractivity contribution in [2.45, 2.75) is 112 Å². The van der Waals surface area contributed by atoms with Gasteiger partial charge in [-0.3, -0.25) is 0 Å². The van der Waals surface area contributed by atoms with Crippen molar-refractivity contribution < 1.29 is 71.1 Å². The van der Waals surface area contributed by atoms with Crippen molar-refractivity contribution in [3.05, 3.63) is 483 Å². The van der Waals surface area contributed by atoms with Crippen LogP contribution >= 0.6 is 0 Å². The molecule has 0 unspecified atom stereocenters. The third-order valence-electron chi connectivity index (χ3n) is 21.4. The average molecular weight is 1780 g/mol. The van der Waals surface area contributed by atoms with E-state index in [1.807, 2.05) is 370 Å². The summed E-state index contributed by atoms with van der Waals surface area (Å²) < 4.78 is 100. The molecule has 0 atom stereocenters. The van der Waals surface area contributed by atoms with E-state index >= 15 is 0 Å². The first-order valence-electron chi connectivity index (χ1n) is 45.0. The van der Waals surface area contributed by atoms with Crippen molar-refractivity contribution in [1.82, 2.24) is 9.80 Å². The highest BCUT2D eigenvalue weighted by molar-refractivity contribution is 5.48. The second kappa shape index (κ2) is 47.8. The summed E-state index contributed by atoms with van der Waals surface area (Å²) in [5.74, 6) is 8.94. The molecule has 0 radical (unpaired) electrons. The van der Waals surface area contributed by atoms with Crippen LogP contribution in [0.5, 0.6) is 86.2 Å². The summed E-state index contributed by atoms with van der Waals surface area (Å²) in [6.45, 7) is 5.23. The molecule has 16 rings (SSSR count). The van der Waals surface area contributed by atoms with E-state index in [0.29, 0.717) is 133 Å². The minimum absolute atomic E-state index is 0.0733. The Morgan fingerprint density at radius 2 is 0.224 bits per heavy atom. The summed E-state index contributed by atoms with van der Waals surface area (Å²) in [6.07, 6.45) is 0. The maximum Gasteiger partial charge on any atom is 0.123 e. The lowest BCUT2D eigenvalue weighted by atomic mass is 10.1. The molecule has 17 heteroatoms. The van der Waals surface area contributed by atoms with Crippen molar-refractivity contribution in [1.29, 1.82) is 0 Å². The smallest absolute Gasteiger partial charge is 0.123 e. The van der Waals surface area contributed by atoms with Crippen molar-refractivity contribution in [2.24, 2.45) is 0 Å². The normalized spacial score (nSPS) is 11.0. The van der Waals surface area contributed by atoms with Crippen LogP contribution in [0.1, 0.15) is 94.6 Å². The van der Waals surface area contributed by atoms with Crippen LogP contribution in [0, 0.1) is 0 Å². The fourth-order valence-electron chi connectivity index (χ4n) is 15.0. The Bertz CT molecular complexity index is 5400. The molecule has 0 saturated heterocycles. The fraction of sp³-hybridized carbons (Fsp3) is 0.179. The first kappa shape index (κ1) is 91.7. The van der Waals surface area contributed by atoms with Gasteiger partial charge in [-0.05, 0) is 220 Å². The number of hydrogen-bond donors (Lipinski definition) is 0. The monoisotopic (exact) mass is 1780 g/mol. The van der Waals surface area contributed by atoms with E-state index in [2.05, 4.69) is 56.2 Å². The third kappa shape index (κ3) is 30.0. The molecule has 17 nitrogen and oxygen atoms in total. The van der Waals surface area contributed by atoms with Crippen molar-refractivity contribution in [3.63, 3.8) is 0 Å². The molecular formula is C117H110N2O15. The largest absolute Gasteiger partial charge is 0.489 e. The summed E-state index contributed by atoms with van der Waals surface area (Å²) in [6, 6.07) is 128. The van der Waals surface area contributed by atoms with Crippen LogP contribution in [0.4, 0.5) is 0 Å². The molecule has 134 heavy (non-hydrogen) atoms. The van der Waals surface area contributed by atoms with Crippen LogP contribution < -0.4 is 71.1 Å². The van der Waals surface area contributed by atoms with Gasteiger partial charge in [-0.1, -0.05) is 249 Å². The number of rotatable bonds is 49. The van der Waals surface area contributed by atoms with Gasteiger partial charge in [0.1, 0.15) is 185 Å². The lowest BCUT2D eigenvalue weighted by Crippen LogP contribution is -2.13. The summed E-state index contributed by atoms with van der Waals surface area (Å²) >= 11 is 0. The molecule has 0 saturated carbocycles. The molecule has 0 aromatic heterocycles. The van der Waals surface area contributed by atoms with Crippen molar-refractivity contribution in [3.8, 4) is 86.2 Å². The predicted molar refractivity (Wildman–Crippen MR) is 523 cm³/mol. The SMILES string of the molecule is CN(C)Cc1cc(CN(C)C)cc(OCc2cc(OCc3cc(OCc4cc(OCc5ccccc5)cc(OCc5ccccc5)c4)cc(OCc4cc(OCc5ccccc5)cc(OCc5ccccc5)c4)c3)cc(OCc3cc(OCc4cc(OCc5ccccc5)cc(OCc5ccccc5)c4)cc(OCc4cc(OCc5ccccc5)cc(OCc5ccccc5)c4)c3)c2)c1. The topological polar surface area (TPSA) is 145 Å². The van der Waals surface area contributed by atoms with Crippen molar-refractivity contribution >= 4 is 0 Å². The highest BCUT2D eigenvalue weighted by atomic mass is 16.5. The molecule has 16 aromatic carbocycles. The maximum atomic E-state index is 7.03. The van der Waals surface area contributed by atoms with Crippen LogP contribution in [0.15, 0.2) is 388 Å². The van der Waals surface area contributed by atoms with Crippen LogP contribution in [0.25, 0.3) is 0 Å². The third-order valence-corrected chi connectivity index (χ3v) is 21.4. The lowest BCUT2D eigenvalue weighted by molar-refractivity contribution is 0.269. The van der Waals surface area contributed by atoms with E-state index < -0.39 is 0 Å². The lowest BCUT2D eigenvalue weighted by Gasteiger charge is -2.18. The van der Waals surface area contributed by atoms with Gasteiger partial charge in [-0.25, -0.2) is 0 Å². The summed E-state index contributed by atoms with van der Waals surface area (Å²) in [5.41, 5.74) is 16.1. The molecule has 0 heterocycles. The molecule has 0 aliphatic rings. The summed E-state index contributed by atoms with van der Waals surface area (Å²) in [7, 11) is 8.27. The molecule has 16 aromatic rings. The Kier molecular flexibility index (Phi) is 32.8. The highest BCUT2D eigenvalue weighted by Crippen LogP contribution is 2.37. The zero-order valence-electron chi connectivity index (χ0n) is 76.0. The Labute approximate surface area is 785 Å². The molecular weight excluding hydrogens is 1670 g/mol. The van der Waals surface area contributed by atoms with Crippen LogP contribution in [0.3, 0.4) is 0 Å². The Morgan fingerprint density at radius 1 is 0.119 bits per heavy atom. The molecule has 0 spiro atoms. The van der Waals surface area contributed by atoms with Crippen LogP contribution in [-0.2, 0) is 112 Å². The average Bonchev–Trinajstić information content (AvgIpc) is 0.851. The molecule has 0 aliphatic carbocycles. The van der Waals surface area contributed by atoms with Crippen LogP contribution in [0.2, 0.25) is 0 Å². The second-order valence-electron chi connectivity index (χ2n) is 33.4. The van der Waals surface area contributed by atoms with Gasteiger partial charge in [0.2, 0.25) is 0 Å². The van der Waals surface area contributed by atoms with E-state index in [1.54, 1.807) is 0 Å². The molecule has 0 fully saturated rings. The zero-order chi connectivity index (χ0) is 91.5. The van der Waals surface area contributed by atoms with Gasteiger partial charge >= 0.3 is 0 Å². The second-order valence-corrected chi connectivity index (χ2v) is 33.4. The Hall–Kier alpha value is -15.6. The van der Waals surface area contributed by atoms with Gasteiger partial charge in [0.05, 0.1) is 0 Å². The molecule has 678 valence electrons. The van der Waals surface area contributed by atoms with Crippen LogP contribution in [-0.4, -0.2) is 38.0 Å². The Morgan fingerprint density at radius 3 is 0.343 bits per heavy atom. The maximum absolute atomic E-state index is 7.03. The zero-order valence-corrected chi connectivity index (χ0v) is 76.0. The number of hydrogen-bond acceptors (Lipinski definition) is 17. The Balaban J connectivity index is 0.719. The minimum atomic E-state index is 0.0733. The van der Waals surface area contributed by atoms with Gasteiger partial charge in [0.25, 0.3) is 0 Å². The fourth-order valence-corrected chi connectivity index (χ4v) is 15.0. The predicted octanol–water partition coefficient (Wildman–Crippen LogP) is 25.5. The summed E-state index contributed by atoms with van der Waals surface area (Å²) in [4.78, 5) is 4.31. The number of nitrogens with zero attached hydrogens (tertiary/aromatic N) is 2. The summed E-state index contributed by atoms with van der Waals surface area (Å²) in [5, 5.41) is 0. The molecule has 0 aliphatic heterocycles. The van der Waals surface area contributed by atoms with Gasteiger partial charge in [0, 0.05) is 55.6 Å². The molecule has 0 bridgehead atoms. The number of benzene rings is 16. The molecule has 0 N–H and O–H groups in total. The van der Waals surface area contributed by atoms with E-state index in [9.17, 15) is 0 Å². The van der Waals surface area contributed by atoms with E-state index in [0.717, 1.165) is 113 Å². The number of ether oxygens (including phenoxy) is 15. The van der Waals surface area contributed by atoms with Crippen molar-refractivity contribution in [2.75, 3.05) is 28.2 Å². The first-order chi connectivity index (χ1) is 65.8. The van der Waals surface area contributed by atoms with E-state index in [1.165, 1.54) is 0 Å².